The molecular weight excluding hydrogens is 376 g/mol. The Bertz CT molecular complexity index is 752. The molecule has 0 bridgehead atoms. The first kappa shape index (κ1) is 23.6. The second-order valence-electron chi connectivity index (χ2n) is 7.60. The summed E-state index contributed by atoms with van der Waals surface area (Å²) in [6, 6.07) is 18.8. The van der Waals surface area contributed by atoms with E-state index in [-0.39, 0.29) is 17.9 Å². The smallest absolute Gasteiger partial charge is 0.242 e. The minimum atomic E-state index is -0.627. The third-order valence-corrected chi connectivity index (χ3v) is 4.92. The van der Waals surface area contributed by atoms with Crippen LogP contribution < -0.4 is 22.1 Å². The zero-order chi connectivity index (χ0) is 21.6. The van der Waals surface area contributed by atoms with Crippen molar-refractivity contribution in [2.24, 2.45) is 11.5 Å². The summed E-state index contributed by atoms with van der Waals surface area (Å²) in [6.07, 6.45) is 4.10. The van der Waals surface area contributed by atoms with E-state index in [1.54, 1.807) is 0 Å². The zero-order valence-corrected chi connectivity index (χ0v) is 17.6. The fourth-order valence-electron chi connectivity index (χ4n) is 3.28. The first-order valence-electron chi connectivity index (χ1n) is 10.7. The van der Waals surface area contributed by atoms with Crippen LogP contribution in [0.2, 0.25) is 0 Å². The third-order valence-electron chi connectivity index (χ3n) is 4.92. The maximum absolute atomic E-state index is 12.8. The molecule has 0 aliphatic rings. The van der Waals surface area contributed by atoms with Crippen LogP contribution in [0.5, 0.6) is 0 Å². The summed E-state index contributed by atoms with van der Waals surface area (Å²) in [5, 5.41) is 5.80. The molecular formula is C24H34N4O2. The van der Waals surface area contributed by atoms with E-state index in [0.717, 1.165) is 30.4 Å². The molecule has 6 nitrogen and oxygen atoms in total. The predicted molar refractivity (Wildman–Crippen MR) is 121 cm³/mol. The number of benzene rings is 2. The van der Waals surface area contributed by atoms with Gasteiger partial charge in [0, 0.05) is 25.4 Å². The van der Waals surface area contributed by atoms with Gasteiger partial charge in [0.2, 0.25) is 11.8 Å². The lowest BCUT2D eigenvalue weighted by Crippen LogP contribution is -2.50. The molecule has 162 valence electrons. The predicted octanol–water partition coefficient (Wildman–Crippen LogP) is 1.92. The summed E-state index contributed by atoms with van der Waals surface area (Å²) in [4.78, 5) is 25.2. The first-order valence-corrected chi connectivity index (χ1v) is 10.7. The molecule has 2 aromatic carbocycles. The highest BCUT2D eigenvalue weighted by molar-refractivity contribution is 5.87. The average Bonchev–Trinajstić information content (AvgIpc) is 2.76. The Labute approximate surface area is 179 Å². The van der Waals surface area contributed by atoms with Gasteiger partial charge in [0.05, 0.1) is 0 Å². The Morgan fingerprint density at radius 2 is 1.43 bits per heavy atom. The fraction of sp³-hybridized carbons (Fsp3) is 0.417. The van der Waals surface area contributed by atoms with Crippen molar-refractivity contribution < 1.29 is 9.59 Å². The molecule has 0 saturated heterocycles. The summed E-state index contributed by atoms with van der Waals surface area (Å²) < 4.78 is 0. The van der Waals surface area contributed by atoms with Crippen molar-refractivity contribution in [1.29, 1.82) is 0 Å². The maximum Gasteiger partial charge on any atom is 0.242 e. The van der Waals surface area contributed by atoms with Crippen molar-refractivity contribution in [1.82, 2.24) is 10.6 Å². The molecule has 0 fully saturated rings. The van der Waals surface area contributed by atoms with Crippen LogP contribution in [0.4, 0.5) is 0 Å². The molecule has 2 atom stereocenters. The van der Waals surface area contributed by atoms with E-state index in [0.29, 0.717) is 32.4 Å². The molecule has 6 N–H and O–H groups in total. The number of nitrogens with two attached hydrogens (primary N) is 2. The number of amides is 2. The van der Waals surface area contributed by atoms with Crippen LogP contribution in [-0.2, 0) is 22.4 Å². The highest BCUT2D eigenvalue weighted by atomic mass is 16.2. The Hall–Kier alpha value is -2.70. The van der Waals surface area contributed by atoms with Gasteiger partial charge in [-0.25, -0.2) is 0 Å². The molecule has 2 amide bonds. The lowest BCUT2D eigenvalue weighted by molar-refractivity contribution is -0.129. The number of rotatable bonds is 13. The monoisotopic (exact) mass is 410 g/mol. The van der Waals surface area contributed by atoms with Crippen molar-refractivity contribution in [2.75, 3.05) is 13.1 Å². The molecule has 2 aromatic rings. The van der Waals surface area contributed by atoms with E-state index in [9.17, 15) is 9.59 Å². The van der Waals surface area contributed by atoms with Crippen molar-refractivity contribution >= 4 is 11.8 Å². The minimum Gasteiger partial charge on any atom is -0.353 e. The van der Waals surface area contributed by atoms with Crippen molar-refractivity contribution in [2.45, 2.75) is 50.6 Å². The van der Waals surface area contributed by atoms with E-state index in [1.807, 2.05) is 60.7 Å². The number of nitrogens with one attached hydrogen (secondary N) is 2. The Morgan fingerprint density at radius 1 is 0.833 bits per heavy atom. The van der Waals surface area contributed by atoms with Crippen LogP contribution >= 0.6 is 0 Å². The molecule has 30 heavy (non-hydrogen) atoms. The standard InChI is InChI=1S/C24H34N4O2/c25-15-9-3-8-14-23(29)28-22(17-20-12-6-2-7-13-20)24(30)27-18-21(26)16-19-10-4-1-5-11-19/h1-2,4-7,10-13,21-22H,3,8-9,14-18,25-26H2,(H,27,30)(H,28,29)/t21-,22+/m1/s1. The molecule has 0 radical (unpaired) electrons. The summed E-state index contributed by atoms with van der Waals surface area (Å²) >= 11 is 0. The molecule has 0 saturated carbocycles. The van der Waals surface area contributed by atoms with Crippen LogP contribution in [0.15, 0.2) is 60.7 Å². The van der Waals surface area contributed by atoms with Gasteiger partial charge in [-0.3, -0.25) is 9.59 Å². The SMILES string of the molecule is NCCCCCC(=O)N[C@@H](Cc1ccccc1)C(=O)NC[C@H](N)Cc1ccccc1. The molecule has 0 spiro atoms. The number of hydrogen-bond donors (Lipinski definition) is 4. The van der Waals surface area contributed by atoms with E-state index in [4.69, 9.17) is 11.5 Å². The van der Waals surface area contributed by atoms with Gasteiger partial charge in [0.1, 0.15) is 6.04 Å². The van der Waals surface area contributed by atoms with Gasteiger partial charge < -0.3 is 22.1 Å². The van der Waals surface area contributed by atoms with E-state index < -0.39 is 6.04 Å². The molecule has 0 heterocycles. The lowest BCUT2D eigenvalue weighted by Gasteiger charge is -2.20. The number of carbonyl (C=O) groups is 2. The Morgan fingerprint density at radius 3 is 2.03 bits per heavy atom. The van der Waals surface area contributed by atoms with Crippen molar-refractivity contribution in [3.8, 4) is 0 Å². The maximum atomic E-state index is 12.8. The third kappa shape index (κ3) is 9.20. The van der Waals surface area contributed by atoms with Crippen LogP contribution in [-0.4, -0.2) is 37.0 Å². The van der Waals surface area contributed by atoms with E-state index >= 15 is 0 Å². The molecule has 0 aliphatic heterocycles. The van der Waals surface area contributed by atoms with Gasteiger partial charge in [-0.2, -0.15) is 0 Å². The van der Waals surface area contributed by atoms with Gasteiger partial charge in [0.15, 0.2) is 0 Å². The largest absolute Gasteiger partial charge is 0.353 e. The second-order valence-corrected chi connectivity index (χ2v) is 7.60. The quantitative estimate of drug-likeness (QED) is 0.378. The van der Waals surface area contributed by atoms with Gasteiger partial charge >= 0.3 is 0 Å². The molecule has 0 aromatic heterocycles. The lowest BCUT2D eigenvalue weighted by atomic mass is 10.0. The first-order chi connectivity index (χ1) is 14.6. The van der Waals surface area contributed by atoms with Gasteiger partial charge in [-0.1, -0.05) is 67.1 Å². The summed E-state index contributed by atoms with van der Waals surface area (Å²) in [5.41, 5.74) is 13.8. The number of carbonyl (C=O) groups excluding carboxylic acids is 2. The van der Waals surface area contributed by atoms with Crippen LogP contribution in [0, 0.1) is 0 Å². The van der Waals surface area contributed by atoms with Gasteiger partial charge in [-0.05, 0) is 36.9 Å². The van der Waals surface area contributed by atoms with Crippen molar-refractivity contribution in [3.63, 3.8) is 0 Å². The normalized spacial score (nSPS) is 12.7. The van der Waals surface area contributed by atoms with Crippen LogP contribution in [0.3, 0.4) is 0 Å². The molecule has 0 unspecified atom stereocenters. The highest BCUT2D eigenvalue weighted by Gasteiger charge is 2.21. The zero-order valence-electron chi connectivity index (χ0n) is 17.6. The van der Waals surface area contributed by atoms with Crippen molar-refractivity contribution in [3.05, 3.63) is 71.8 Å². The number of unbranched alkanes of at least 4 members (excludes halogenated alkanes) is 2. The second kappa shape index (κ2) is 13.5. The highest BCUT2D eigenvalue weighted by Crippen LogP contribution is 2.06. The van der Waals surface area contributed by atoms with Gasteiger partial charge in [-0.15, -0.1) is 0 Å². The Balaban J connectivity index is 1.89. The summed E-state index contributed by atoms with van der Waals surface area (Å²) in [7, 11) is 0. The molecule has 2 rings (SSSR count). The Kier molecular flexibility index (Phi) is 10.6. The molecule has 0 aliphatic carbocycles. The topological polar surface area (TPSA) is 110 Å². The number of hydrogen-bond acceptors (Lipinski definition) is 4. The van der Waals surface area contributed by atoms with E-state index in [1.165, 1.54) is 0 Å². The van der Waals surface area contributed by atoms with Gasteiger partial charge in [0.25, 0.3) is 0 Å². The van der Waals surface area contributed by atoms with E-state index in [2.05, 4.69) is 10.6 Å². The minimum absolute atomic E-state index is 0.114. The fourth-order valence-corrected chi connectivity index (χ4v) is 3.28. The average molecular weight is 411 g/mol. The summed E-state index contributed by atoms with van der Waals surface area (Å²) in [5.74, 6) is -0.325. The molecule has 6 heteroatoms. The van der Waals surface area contributed by atoms with Crippen LogP contribution in [0.25, 0.3) is 0 Å². The summed E-state index contributed by atoms with van der Waals surface area (Å²) in [6.45, 7) is 0.981. The van der Waals surface area contributed by atoms with Crippen LogP contribution in [0.1, 0.15) is 36.8 Å².